The number of piperazine rings is 1. The van der Waals surface area contributed by atoms with Crippen LogP contribution in [0, 0.1) is 0 Å². The fourth-order valence-electron chi connectivity index (χ4n) is 3.28. The van der Waals surface area contributed by atoms with E-state index in [4.69, 9.17) is 4.74 Å². The molecule has 5 heteroatoms. The molecule has 0 radical (unpaired) electrons. The Morgan fingerprint density at radius 1 is 1.16 bits per heavy atom. The lowest BCUT2D eigenvalue weighted by atomic mass is 10.0. The minimum atomic E-state index is -0.262. The Hall–Kier alpha value is -1.88. The molecular weight excluding hydrogens is 336 g/mol. The molecule has 4 nitrogen and oxygen atoms in total. The van der Waals surface area contributed by atoms with Crippen molar-refractivity contribution in [2.45, 2.75) is 19.0 Å². The molecule has 0 aliphatic carbocycles. The fraction of sp³-hybridized carbons (Fsp3) is 0.350. The third kappa shape index (κ3) is 5.30. The van der Waals surface area contributed by atoms with Gasteiger partial charge in [0.25, 0.3) is 0 Å². The predicted octanol–water partition coefficient (Wildman–Crippen LogP) is 2.91. The van der Waals surface area contributed by atoms with E-state index in [0.29, 0.717) is 11.6 Å². The number of hydrogen-bond acceptors (Lipinski definition) is 4. The average Bonchev–Trinajstić information content (AvgIpc) is 2.63. The van der Waals surface area contributed by atoms with Crippen molar-refractivity contribution in [3.63, 3.8) is 0 Å². The molecule has 3 rings (SSSR count). The number of nitrogens with one attached hydrogen (secondary N) is 1. The van der Waals surface area contributed by atoms with Gasteiger partial charge in [-0.2, -0.15) is 0 Å². The highest BCUT2D eigenvalue weighted by Crippen LogP contribution is 2.15. The molecule has 134 valence electrons. The lowest BCUT2D eigenvalue weighted by Gasteiger charge is -2.34. The largest absolute Gasteiger partial charge is 0.465 e. The minimum absolute atomic E-state index is 0. The zero-order valence-electron chi connectivity index (χ0n) is 14.5. The molecule has 1 N–H and O–H groups in total. The summed E-state index contributed by atoms with van der Waals surface area (Å²) in [5.41, 5.74) is 3.05. The van der Waals surface area contributed by atoms with Crippen LogP contribution in [-0.4, -0.2) is 43.7 Å². The summed E-state index contributed by atoms with van der Waals surface area (Å²) in [6.45, 7) is 3.71. The van der Waals surface area contributed by atoms with E-state index in [1.165, 1.54) is 12.7 Å². The SMILES string of the molecule is COC(=O)c1ccccc1CN1CCN[C@@H](Cc2ccccc2)C1.Cl. The number of hydrogen-bond donors (Lipinski definition) is 1. The van der Waals surface area contributed by atoms with E-state index in [-0.39, 0.29) is 18.4 Å². The molecule has 1 heterocycles. The first-order chi connectivity index (χ1) is 11.8. The smallest absolute Gasteiger partial charge is 0.338 e. The van der Waals surface area contributed by atoms with E-state index in [1.807, 2.05) is 30.3 Å². The number of methoxy groups -OCH3 is 1. The number of benzene rings is 2. The number of ether oxygens (including phenoxy) is 1. The first-order valence-corrected chi connectivity index (χ1v) is 8.42. The number of carbonyl (C=O) groups excluding carboxylic acids is 1. The second-order valence-corrected chi connectivity index (χ2v) is 6.22. The fourth-order valence-corrected chi connectivity index (χ4v) is 3.28. The van der Waals surface area contributed by atoms with E-state index < -0.39 is 0 Å². The van der Waals surface area contributed by atoms with Crippen molar-refractivity contribution in [1.82, 2.24) is 10.2 Å². The van der Waals surface area contributed by atoms with E-state index >= 15 is 0 Å². The van der Waals surface area contributed by atoms with Gasteiger partial charge < -0.3 is 10.1 Å². The van der Waals surface area contributed by atoms with Gasteiger partial charge in [-0.1, -0.05) is 48.5 Å². The number of nitrogens with zero attached hydrogens (tertiary/aromatic N) is 1. The zero-order valence-corrected chi connectivity index (χ0v) is 15.3. The van der Waals surface area contributed by atoms with Crippen molar-refractivity contribution >= 4 is 18.4 Å². The van der Waals surface area contributed by atoms with Crippen molar-refractivity contribution < 1.29 is 9.53 Å². The van der Waals surface area contributed by atoms with Crippen LogP contribution in [0.5, 0.6) is 0 Å². The molecule has 1 atom stereocenters. The lowest BCUT2D eigenvalue weighted by Crippen LogP contribution is -2.51. The Bertz CT molecular complexity index is 678. The van der Waals surface area contributed by atoms with E-state index in [0.717, 1.165) is 38.2 Å². The highest BCUT2D eigenvalue weighted by molar-refractivity contribution is 5.90. The van der Waals surface area contributed by atoms with Gasteiger partial charge >= 0.3 is 5.97 Å². The van der Waals surface area contributed by atoms with Crippen molar-refractivity contribution in [3.05, 3.63) is 71.3 Å². The van der Waals surface area contributed by atoms with Gasteiger partial charge in [0, 0.05) is 32.2 Å². The van der Waals surface area contributed by atoms with Crippen LogP contribution in [0.25, 0.3) is 0 Å². The molecule has 0 unspecified atom stereocenters. The number of halogens is 1. The molecule has 1 fully saturated rings. The van der Waals surface area contributed by atoms with Crippen LogP contribution in [0.2, 0.25) is 0 Å². The van der Waals surface area contributed by atoms with E-state index in [9.17, 15) is 4.79 Å². The van der Waals surface area contributed by atoms with Crippen molar-refractivity contribution in [2.75, 3.05) is 26.7 Å². The quantitative estimate of drug-likeness (QED) is 0.832. The van der Waals surface area contributed by atoms with Gasteiger partial charge in [0.2, 0.25) is 0 Å². The van der Waals surface area contributed by atoms with Gasteiger partial charge in [-0.3, -0.25) is 4.90 Å². The van der Waals surface area contributed by atoms with Gasteiger partial charge in [0.1, 0.15) is 0 Å². The molecule has 1 aliphatic heterocycles. The highest BCUT2D eigenvalue weighted by Gasteiger charge is 2.21. The Labute approximate surface area is 155 Å². The van der Waals surface area contributed by atoms with E-state index in [1.54, 1.807) is 0 Å². The van der Waals surface area contributed by atoms with Gasteiger partial charge in [-0.05, 0) is 23.6 Å². The molecule has 0 saturated carbocycles. The summed E-state index contributed by atoms with van der Waals surface area (Å²) in [5.74, 6) is -0.262. The number of esters is 1. The van der Waals surface area contributed by atoms with Crippen LogP contribution >= 0.6 is 12.4 Å². The van der Waals surface area contributed by atoms with Gasteiger partial charge in [-0.15, -0.1) is 12.4 Å². The van der Waals surface area contributed by atoms with Crippen LogP contribution < -0.4 is 5.32 Å². The third-order valence-electron chi connectivity index (χ3n) is 4.48. The van der Waals surface area contributed by atoms with Gasteiger partial charge in [0.15, 0.2) is 0 Å². The molecule has 1 aliphatic rings. The van der Waals surface area contributed by atoms with Gasteiger partial charge in [0.05, 0.1) is 12.7 Å². The maximum Gasteiger partial charge on any atom is 0.338 e. The summed E-state index contributed by atoms with van der Waals surface area (Å²) in [6.07, 6.45) is 1.02. The zero-order chi connectivity index (χ0) is 16.8. The summed E-state index contributed by atoms with van der Waals surface area (Å²) < 4.78 is 4.90. The molecule has 0 bridgehead atoms. The normalized spacial score (nSPS) is 17.6. The molecule has 2 aromatic rings. The van der Waals surface area contributed by atoms with Crippen molar-refractivity contribution in [3.8, 4) is 0 Å². The summed E-state index contributed by atoms with van der Waals surface area (Å²) in [5, 5.41) is 3.60. The first kappa shape index (κ1) is 19.4. The Morgan fingerprint density at radius 2 is 1.88 bits per heavy atom. The average molecular weight is 361 g/mol. The molecule has 2 aromatic carbocycles. The number of rotatable bonds is 5. The molecule has 25 heavy (non-hydrogen) atoms. The standard InChI is InChI=1S/C20H24N2O2.ClH/c1-24-20(23)19-10-6-5-9-17(19)14-22-12-11-21-18(15-22)13-16-7-3-2-4-8-16;/h2-10,18,21H,11-15H2,1H3;1H/t18-;/m0./s1. The van der Waals surface area contributed by atoms with Crippen molar-refractivity contribution in [1.29, 1.82) is 0 Å². The van der Waals surface area contributed by atoms with Crippen LogP contribution in [-0.2, 0) is 17.7 Å². The summed E-state index contributed by atoms with van der Waals surface area (Å²) in [7, 11) is 1.43. The molecular formula is C20H25ClN2O2. The van der Waals surface area contributed by atoms with Crippen molar-refractivity contribution in [2.24, 2.45) is 0 Å². The summed E-state index contributed by atoms with van der Waals surface area (Å²) in [4.78, 5) is 14.3. The molecule has 1 saturated heterocycles. The van der Waals surface area contributed by atoms with Crippen LogP contribution in [0.3, 0.4) is 0 Å². The molecule has 0 amide bonds. The Balaban J connectivity index is 0.00000225. The van der Waals surface area contributed by atoms with Crippen LogP contribution in [0.15, 0.2) is 54.6 Å². The predicted molar refractivity (Wildman–Crippen MR) is 102 cm³/mol. The third-order valence-corrected chi connectivity index (χ3v) is 4.48. The molecule has 0 aromatic heterocycles. The maximum absolute atomic E-state index is 11.9. The van der Waals surface area contributed by atoms with Gasteiger partial charge in [-0.25, -0.2) is 4.79 Å². The number of carbonyl (C=O) groups is 1. The lowest BCUT2D eigenvalue weighted by molar-refractivity contribution is 0.0598. The highest BCUT2D eigenvalue weighted by atomic mass is 35.5. The maximum atomic E-state index is 11.9. The Morgan fingerprint density at radius 3 is 2.64 bits per heavy atom. The minimum Gasteiger partial charge on any atom is -0.465 e. The monoisotopic (exact) mass is 360 g/mol. The first-order valence-electron chi connectivity index (χ1n) is 8.42. The molecule has 0 spiro atoms. The Kier molecular flexibility index (Phi) is 7.44. The van der Waals surface area contributed by atoms with Crippen LogP contribution in [0.1, 0.15) is 21.5 Å². The van der Waals surface area contributed by atoms with Crippen LogP contribution in [0.4, 0.5) is 0 Å². The second-order valence-electron chi connectivity index (χ2n) is 6.22. The summed E-state index contributed by atoms with van der Waals surface area (Å²) >= 11 is 0. The topological polar surface area (TPSA) is 41.6 Å². The van der Waals surface area contributed by atoms with E-state index in [2.05, 4.69) is 34.5 Å². The summed E-state index contributed by atoms with van der Waals surface area (Å²) in [6, 6.07) is 18.7. The second kappa shape index (κ2) is 9.56.